The maximum Gasteiger partial charge on any atom is 0.252 e. The van der Waals surface area contributed by atoms with Crippen LogP contribution in [0.5, 0.6) is 0 Å². The second-order valence-electron chi connectivity index (χ2n) is 30.5. The van der Waals surface area contributed by atoms with Crippen molar-refractivity contribution in [1.29, 1.82) is 0 Å². The van der Waals surface area contributed by atoms with Gasteiger partial charge in [0.05, 0.1) is 17.1 Å². The van der Waals surface area contributed by atoms with Crippen LogP contribution in [0.3, 0.4) is 0 Å². The standard InChI is InChI=1S/C79H86BN3O/c1-49-24-20-21-28-64(49)82(68-29-23-26-59-58-25-22-27-61(79(17,18)19)72(58)84-73(59)68)57-47-69-71-70(48-57)83(65-41-36-53(76(8,9)10)44-60(65)50-30-32-51(33-31-50)74(2,3)4)67-43-38-55(78(14,15)16)46-63(67)80(71)62-45-54(77(11,12)13)37-42-66(62)81(69)56-39-34-52(35-40-56)75(5,6)7/h20-48H,1-19H3. The summed E-state index contributed by atoms with van der Waals surface area (Å²) in [7, 11) is 0. The molecule has 0 saturated heterocycles. The summed E-state index contributed by atoms with van der Waals surface area (Å²) in [6, 6.07) is 68.1. The van der Waals surface area contributed by atoms with Gasteiger partial charge in [0.25, 0.3) is 6.71 Å². The first-order valence-corrected chi connectivity index (χ1v) is 30.6. The molecular formula is C79H86BN3O. The summed E-state index contributed by atoms with van der Waals surface area (Å²) in [5.74, 6) is 0. The smallest absolute Gasteiger partial charge is 0.252 e. The number of para-hydroxylation sites is 3. The quantitative estimate of drug-likeness (QED) is 0.155. The van der Waals surface area contributed by atoms with E-state index >= 15 is 0 Å². The molecule has 5 heteroatoms. The van der Waals surface area contributed by atoms with Crippen LogP contribution < -0.4 is 31.1 Å². The van der Waals surface area contributed by atoms with E-state index in [-0.39, 0.29) is 39.2 Å². The number of furan rings is 1. The first kappa shape index (κ1) is 56.7. The van der Waals surface area contributed by atoms with Crippen molar-refractivity contribution >= 4 is 96.2 Å². The molecule has 0 amide bonds. The molecule has 10 aromatic rings. The van der Waals surface area contributed by atoms with Crippen LogP contribution in [0.25, 0.3) is 33.1 Å². The fourth-order valence-electron chi connectivity index (χ4n) is 13.1. The van der Waals surface area contributed by atoms with Gasteiger partial charge in [0.15, 0.2) is 5.58 Å². The van der Waals surface area contributed by atoms with E-state index in [0.29, 0.717) is 0 Å². The fraction of sp³-hybridized carbons (Fsp3) is 0.316. The van der Waals surface area contributed by atoms with Crippen molar-refractivity contribution < 1.29 is 4.42 Å². The third-order valence-corrected chi connectivity index (χ3v) is 18.1. The van der Waals surface area contributed by atoms with Gasteiger partial charge < -0.3 is 19.1 Å². The van der Waals surface area contributed by atoms with Crippen LogP contribution in [0.15, 0.2) is 180 Å². The zero-order chi connectivity index (χ0) is 60.0. The highest BCUT2D eigenvalue weighted by Crippen LogP contribution is 2.53. The molecule has 2 aliphatic rings. The highest BCUT2D eigenvalue weighted by molar-refractivity contribution is 7.00. The highest BCUT2D eigenvalue weighted by Gasteiger charge is 2.46. The van der Waals surface area contributed by atoms with E-state index in [1.807, 2.05) is 0 Å². The number of fused-ring (bicyclic) bond motifs is 7. The molecule has 3 heterocycles. The van der Waals surface area contributed by atoms with Crippen LogP contribution in [-0.4, -0.2) is 6.71 Å². The summed E-state index contributed by atoms with van der Waals surface area (Å²) in [6.45, 7) is 43.9. The molecule has 9 aromatic carbocycles. The van der Waals surface area contributed by atoms with E-state index in [9.17, 15) is 0 Å². The molecule has 0 N–H and O–H groups in total. The van der Waals surface area contributed by atoms with Gasteiger partial charge in [-0.1, -0.05) is 240 Å². The first-order valence-electron chi connectivity index (χ1n) is 30.6. The molecule has 0 radical (unpaired) electrons. The van der Waals surface area contributed by atoms with E-state index in [2.05, 4.69) is 322 Å². The lowest BCUT2D eigenvalue weighted by atomic mass is 9.33. The number of hydrogen-bond acceptors (Lipinski definition) is 4. The Morgan fingerprint density at radius 1 is 0.369 bits per heavy atom. The lowest BCUT2D eigenvalue weighted by molar-refractivity contribution is 0.573. The summed E-state index contributed by atoms with van der Waals surface area (Å²) < 4.78 is 7.36. The first-order chi connectivity index (χ1) is 39.4. The van der Waals surface area contributed by atoms with Gasteiger partial charge in [-0.05, 0) is 155 Å². The molecule has 0 aliphatic carbocycles. The van der Waals surface area contributed by atoms with Crippen molar-refractivity contribution in [2.24, 2.45) is 0 Å². The number of benzene rings is 9. The van der Waals surface area contributed by atoms with Gasteiger partial charge in [-0.15, -0.1) is 0 Å². The molecule has 0 unspecified atom stereocenters. The average molecular weight is 1100 g/mol. The van der Waals surface area contributed by atoms with Crippen molar-refractivity contribution in [3.05, 3.63) is 215 Å². The summed E-state index contributed by atoms with van der Waals surface area (Å²) in [5, 5.41) is 2.23. The van der Waals surface area contributed by atoms with E-state index < -0.39 is 0 Å². The van der Waals surface area contributed by atoms with Gasteiger partial charge >= 0.3 is 0 Å². The maximum atomic E-state index is 7.36. The zero-order valence-electron chi connectivity index (χ0n) is 53.6. The van der Waals surface area contributed by atoms with Crippen LogP contribution in [-0.2, 0) is 32.5 Å². The molecule has 0 saturated carbocycles. The predicted molar refractivity (Wildman–Crippen MR) is 365 cm³/mol. The number of nitrogens with zero attached hydrogens (tertiary/aromatic N) is 3. The summed E-state index contributed by atoms with van der Waals surface area (Å²) >= 11 is 0. The van der Waals surface area contributed by atoms with Crippen molar-refractivity contribution in [1.82, 2.24) is 0 Å². The molecular weight excluding hydrogens is 1020 g/mol. The summed E-state index contributed by atoms with van der Waals surface area (Å²) in [5.41, 5.74) is 26.6. The Hall–Kier alpha value is -7.76. The normalized spacial score (nSPS) is 13.8. The minimum atomic E-state index is -0.134. The number of anilines is 9. The Morgan fingerprint density at radius 2 is 0.821 bits per heavy atom. The number of hydrogen-bond donors (Lipinski definition) is 0. The molecule has 0 spiro atoms. The molecule has 0 atom stereocenters. The second-order valence-corrected chi connectivity index (χ2v) is 30.5. The van der Waals surface area contributed by atoms with Gasteiger partial charge in [0, 0.05) is 56.0 Å². The van der Waals surface area contributed by atoms with Crippen molar-refractivity contribution in [2.45, 2.75) is 164 Å². The van der Waals surface area contributed by atoms with Gasteiger partial charge in [0.1, 0.15) is 5.58 Å². The zero-order valence-corrected chi connectivity index (χ0v) is 53.6. The lowest BCUT2D eigenvalue weighted by Gasteiger charge is -2.46. The highest BCUT2D eigenvalue weighted by atomic mass is 16.3. The second kappa shape index (κ2) is 19.7. The van der Waals surface area contributed by atoms with Gasteiger partial charge in [-0.3, -0.25) is 0 Å². The van der Waals surface area contributed by atoms with E-state index in [1.54, 1.807) is 0 Å². The van der Waals surface area contributed by atoms with Gasteiger partial charge in [0.2, 0.25) is 0 Å². The van der Waals surface area contributed by atoms with Gasteiger partial charge in [-0.25, -0.2) is 0 Å². The van der Waals surface area contributed by atoms with Crippen molar-refractivity contribution in [2.75, 3.05) is 14.7 Å². The number of rotatable bonds is 6. The Morgan fingerprint density at radius 3 is 1.36 bits per heavy atom. The molecule has 12 rings (SSSR count). The third kappa shape index (κ3) is 9.74. The van der Waals surface area contributed by atoms with E-state index in [4.69, 9.17) is 4.42 Å². The molecule has 2 aliphatic heterocycles. The molecule has 0 bridgehead atoms. The molecule has 426 valence electrons. The van der Waals surface area contributed by atoms with Crippen LogP contribution >= 0.6 is 0 Å². The predicted octanol–water partition coefficient (Wildman–Crippen LogP) is 20.9. The number of aryl methyl sites for hydroxylation is 1. The van der Waals surface area contributed by atoms with Crippen LogP contribution in [0, 0.1) is 6.92 Å². The molecule has 1 aromatic heterocycles. The minimum absolute atomic E-state index is 0.00630. The SMILES string of the molecule is Cc1ccccc1N(c1cc2c3c(c1)N(c1ccc(C(C)(C)C)cc1-c1ccc(C(C)(C)C)cc1)c1ccc(C(C)(C)C)cc1B3c1cc(C(C)(C)C)ccc1N2c1ccc(C(C)(C)C)cc1)c1cccc2c1oc1c(C(C)(C)C)cccc12. The molecule has 84 heavy (non-hydrogen) atoms. The van der Waals surface area contributed by atoms with Crippen molar-refractivity contribution in [3.63, 3.8) is 0 Å². The molecule has 4 nitrogen and oxygen atoms in total. The summed E-state index contributed by atoms with van der Waals surface area (Å²) in [6.07, 6.45) is 0. The molecule has 0 fully saturated rings. The monoisotopic (exact) mass is 1100 g/mol. The van der Waals surface area contributed by atoms with E-state index in [0.717, 1.165) is 67.3 Å². The Kier molecular flexibility index (Phi) is 13.3. The lowest BCUT2D eigenvalue weighted by Crippen LogP contribution is -2.61. The van der Waals surface area contributed by atoms with Crippen molar-refractivity contribution in [3.8, 4) is 11.1 Å². The average Bonchev–Trinajstić information content (AvgIpc) is 0.796. The topological polar surface area (TPSA) is 22.9 Å². The van der Waals surface area contributed by atoms with Crippen LogP contribution in [0.4, 0.5) is 51.2 Å². The fourth-order valence-corrected chi connectivity index (χ4v) is 13.1. The van der Waals surface area contributed by atoms with Gasteiger partial charge in [-0.2, -0.15) is 0 Å². The van der Waals surface area contributed by atoms with Crippen LogP contribution in [0.1, 0.15) is 164 Å². The Labute approximate surface area is 502 Å². The maximum absolute atomic E-state index is 7.36. The Bertz CT molecular complexity index is 4210. The largest absolute Gasteiger partial charge is 0.454 e. The van der Waals surface area contributed by atoms with Crippen LogP contribution in [0.2, 0.25) is 0 Å². The summed E-state index contributed by atoms with van der Waals surface area (Å²) in [4.78, 5) is 7.73. The van der Waals surface area contributed by atoms with E-state index in [1.165, 1.54) is 72.3 Å². The minimum Gasteiger partial charge on any atom is -0.454 e. The third-order valence-electron chi connectivity index (χ3n) is 18.1. The Balaban J connectivity index is 1.26.